The second-order valence-electron chi connectivity index (χ2n) is 4.35. The number of carbonyl (C=O) groups excluding carboxylic acids is 1. The van der Waals surface area contributed by atoms with Crippen molar-refractivity contribution in [3.63, 3.8) is 0 Å². The van der Waals surface area contributed by atoms with Gasteiger partial charge in [-0.05, 0) is 30.4 Å². The molecular formula is C13H13F3O. The van der Waals surface area contributed by atoms with Crippen LogP contribution in [0.15, 0.2) is 18.2 Å². The van der Waals surface area contributed by atoms with Gasteiger partial charge in [-0.2, -0.15) is 13.2 Å². The Morgan fingerprint density at radius 1 is 1.35 bits per heavy atom. The lowest BCUT2D eigenvalue weighted by Gasteiger charge is -2.13. The van der Waals surface area contributed by atoms with Crippen LogP contribution in [-0.4, -0.2) is 5.78 Å². The molecule has 0 saturated heterocycles. The number of benzene rings is 1. The molecule has 0 bridgehead atoms. The summed E-state index contributed by atoms with van der Waals surface area (Å²) in [6.45, 7) is 1.64. The van der Waals surface area contributed by atoms with Crippen molar-refractivity contribution in [2.45, 2.75) is 38.3 Å². The van der Waals surface area contributed by atoms with Crippen molar-refractivity contribution >= 4 is 5.78 Å². The fourth-order valence-electron chi connectivity index (χ4n) is 1.93. The Morgan fingerprint density at radius 3 is 2.47 bits per heavy atom. The molecule has 0 atom stereocenters. The monoisotopic (exact) mass is 242 g/mol. The first-order chi connectivity index (χ1) is 7.93. The molecule has 1 aromatic rings. The Balaban J connectivity index is 2.46. The molecule has 2 rings (SSSR count). The fourth-order valence-corrected chi connectivity index (χ4v) is 1.93. The molecule has 0 heterocycles. The zero-order valence-electron chi connectivity index (χ0n) is 9.47. The molecule has 0 aliphatic heterocycles. The van der Waals surface area contributed by atoms with Crippen LogP contribution >= 0.6 is 0 Å². The number of ketones is 1. The molecule has 1 aliphatic carbocycles. The highest BCUT2D eigenvalue weighted by atomic mass is 19.4. The number of alkyl halides is 3. The van der Waals surface area contributed by atoms with Crippen LogP contribution < -0.4 is 0 Å². The standard InChI is InChI=1S/C13H13F3O/c1-2-12(17)9-5-6-10(8-3-4-8)11(7-9)13(14,15)16/h5-8H,2-4H2,1H3. The van der Waals surface area contributed by atoms with Gasteiger partial charge in [-0.3, -0.25) is 4.79 Å². The van der Waals surface area contributed by atoms with E-state index in [1.807, 2.05) is 0 Å². The summed E-state index contributed by atoms with van der Waals surface area (Å²) >= 11 is 0. The smallest absolute Gasteiger partial charge is 0.294 e. The molecular weight excluding hydrogens is 229 g/mol. The van der Waals surface area contributed by atoms with Crippen LogP contribution in [0.4, 0.5) is 13.2 Å². The van der Waals surface area contributed by atoms with Gasteiger partial charge in [0.25, 0.3) is 0 Å². The topological polar surface area (TPSA) is 17.1 Å². The van der Waals surface area contributed by atoms with Crippen molar-refractivity contribution in [1.29, 1.82) is 0 Å². The van der Waals surface area contributed by atoms with Crippen molar-refractivity contribution in [3.8, 4) is 0 Å². The van der Waals surface area contributed by atoms with E-state index in [0.717, 1.165) is 18.9 Å². The lowest BCUT2D eigenvalue weighted by molar-refractivity contribution is -0.138. The maximum atomic E-state index is 12.9. The van der Waals surface area contributed by atoms with Crippen molar-refractivity contribution in [2.24, 2.45) is 0 Å². The van der Waals surface area contributed by atoms with Crippen molar-refractivity contribution in [1.82, 2.24) is 0 Å². The van der Waals surface area contributed by atoms with Crippen LogP contribution in [0, 0.1) is 0 Å². The quantitative estimate of drug-likeness (QED) is 0.727. The summed E-state index contributed by atoms with van der Waals surface area (Å²) in [6.07, 6.45) is -2.53. The van der Waals surface area contributed by atoms with E-state index >= 15 is 0 Å². The first-order valence-electron chi connectivity index (χ1n) is 5.67. The van der Waals surface area contributed by atoms with Crippen molar-refractivity contribution in [2.75, 3.05) is 0 Å². The maximum absolute atomic E-state index is 12.9. The minimum Gasteiger partial charge on any atom is -0.294 e. The second kappa shape index (κ2) is 4.17. The van der Waals surface area contributed by atoms with Crippen LogP contribution in [0.3, 0.4) is 0 Å². The molecule has 0 unspecified atom stereocenters. The molecule has 1 nitrogen and oxygen atoms in total. The van der Waals surface area contributed by atoms with Crippen LogP contribution in [0.1, 0.15) is 53.6 Å². The second-order valence-corrected chi connectivity index (χ2v) is 4.35. The lowest BCUT2D eigenvalue weighted by atomic mass is 9.97. The summed E-state index contributed by atoms with van der Waals surface area (Å²) < 4.78 is 38.6. The molecule has 1 fully saturated rings. The highest BCUT2D eigenvalue weighted by molar-refractivity contribution is 5.96. The van der Waals surface area contributed by atoms with E-state index in [9.17, 15) is 18.0 Å². The summed E-state index contributed by atoms with van der Waals surface area (Å²) in [5.41, 5.74) is -0.145. The summed E-state index contributed by atoms with van der Waals surface area (Å²) in [7, 11) is 0. The van der Waals surface area contributed by atoms with Crippen molar-refractivity contribution < 1.29 is 18.0 Å². The minimum atomic E-state index is -4.37. The number of carbonyl (C=O) groups is 1. The maximum Gasteiger partial charge on any atom is 0.416 e. The highest BCUT2D eigenvalue weighted by Crippen LogP contribution is 2.46. The zero-order chi connectivity index (χ0) is 12.6. The Labute approximate surface area is 97.6 Å². The van der Waals surface area contributed by atoms with E-state index in [0.29, 0.717) is 5.56 Å². The number of halogens is 3. The third-order valence-electron chi connectivity index (χ3n) is 3.02. The number of hydrogen-bond acceptors (Lipinski definition) is 1. The van der Waals surface area contributed by atoms with E-state index in [1.165, 1.54) is 12.1 Å². The SMILES string of the molecule is CCC(=O)c1ccc(C2CC2)c(C(F)(F)F)c1. The average Bonchev–Trinajstić information content (AvgIpc) is 3.10. The van der Waals surface area contributed by atoms with Gasteiger partial charge in [-0.1, -0.05) is 19.1 Å². The van der Waals surface area contributed by atoms with Gasteiger partial charge in [0.1, 0.15) is 0 Å². The molecule has 0 amide bonds. The molecule has 0 N–H and O–H groups in total. The normalized spacial score (nSPS) is 16.0. The zero-order valence-corrected chi connectivity index (χ0v) is 9.47. The predicted molar refractivity (Wildman–Crippen MR) is 58.0 cm³/mol. The number of hydrogen-bond donors (Lipinski definition) is 0. The molecule has 0 radical (unpaired) electrons. The van der Waals surface area contributed by atoms with E-state index in [2.05, 4.69) is 0 Å². The van der Waals surface area contributed by atoms with E-state index < -0.39 is 11.7 Å². The minimum absolute atomic E-state index is 0.0254. The van der Waals surface area contributed by atoms with Crippen LogP contribution in [0.2, 0.25) is 0 Å². The van der Waals surface area contributed by atoms with Crippen LogP contribution in [0.5, 0.6) is 0 Å². The van der Waals surface area contributed by atoms with Crippen LogP contribution in [-0.2, 0) is 6.18 Å². The van der Waals surface area contributed by atoms with Crippen molar-refractivity contribution in [3.05, 3.63) is 34.9 Å². The average molecular weight is 242 g/mol. The van der Waals surface area contributed by atoms with Gasteiger partial charge < -0.3 is 0 Å². The Morgan fingerprint density at radius 2 is 2.00 bits per heavy atom. The Bertz CT molecular complexity index is 444. The third-order valence-corrected chi connectivity index (χ3v) is 3.02. The Kier molecular flexibility index (Phi) is 2.98. The Hall–Kier alpha value is -1.32. The van der Waals surface area contributed by atoms with Gasteiger partial charge >= 0.3 is 6.18 Å². The molecule has 1 aliphatic rings. The first kappa shape index (κ1) is 12.1. The third kappa shape index (κ3) is 2.51. The van der Waals surface area contributed by atoms with Gasteiger partial charge in [-0.15, -0.1) is 0 Å². The van der Waals surface area contributed by atoms with Gasteiger partial charge in [0.05, 0.1) is 5.56 Å². The van der Waals surface area contributed by atoms with Crippen LogP contribution in [0.25, 0.3) is 0 Å². The van der Waals surface area contributed by atoms with E-state index in [1.54, 1.807) is 6.92 Å². The molecule has 1 aromatic carbocycles. The largest absolute Gasteiger partial charge is 0.416 e. The molecule has 0 aromatic heterocycles. The molecule has 0 spiro atoms. The van der Waals surface area contributed by atoms with Gasteiger partial charge in [0.2, 0.25) is 0 Å². The number of rotatable bonds is 3. The summed E-state index contributed by atoms with van der Waals surface area (Å²) in [6, 6.07) is 3.97. The predicted octanol–water partition coefficient (Wildman–Crippen LogP) is 4.18. The molecule has 4 heteroatoms. The molecule has 17 heavy (non-hydrogen) atoms. The fraction of sp³-hybridized carbons (Fsp3) is 0.462. The van der Waals surface area contributed by atoms with Gasteiger partial charge in [0.15, 0.2) is 5.78 Å². The summed E-state index contributed by atoms with van der Waals surface area (Å²) in [5.74, 6) is -0.227. The van der Waals surface area contributed by atoms with E-state index in [-0.39, 0.29) is 23.7 Å². The summed E-state index contributed by atoms with van der Waals surface area (Å²) in [4.78, 5) is 11.4. The lowest BCUT2D eigenvalue weighted by Crippen LogP contribution is -2.11. The number of Topliss-reactive ketones (excluding diaryl/α,β-unsaturated/α-hetero) is 1. The van der Waals surface area contributed by atoms with E-state index in [4.69, 9.17) is 0 Å². The van der Waals surface area contributed by atoms with Gasteiger partial charge in [-0.25, -0.2) is 0 Å². The summed E-state index contributed by atoms with van der Waals surface area (Å²) in [5, 5.41) is 0. The molecule has 92 valence electrons. The van der Waals surface area contributed by atoms with Gasteiger partial charge in [0, 0.05) is 12.0 Å². The molecule has 1 saturated carbocycles. The first-order valence-corrected chi connectivity index (χ1v) is 5.67. The highest BCUT2D eigenvalue weighted by Gasteiger charge is 2.38.